The number of rotatable bonds is 5. The van der Waals surface area contributed by atoms with Gasteiger partial charge in [-0.2, -0.15) is 0 Å². The number of alkyl halides is 2. The van der Waals surface area contributed by atoms with Crippen molar-refractivity contribution in [2.45, 2.75) is 45.3 Å². The van der Waals surface area contributed by atoms with E-state index in [1.165, 1.54) is 6.92 Å². The third-order valence-electron chi connectivity index (χ3n) is 2.40. The molecular formula is C13H18F2O2. The summed E-state index contributed by atoms with van der Waals surface area (Å²) in [6, 6.07) is 6.57. The van der Waals surface area contributed by atoms with E-state index in [0.29, 0.717) is 11.3 Å². The SMILES string of the molecule is CC(C)Oc1ccc(C(C)(O)CC(F)F)cc1. The summed E-state index contributed by atoms with van der Waals surface area (Å²) in [5.74, 6) is 0.664. The van der Waals surface area contributed by atoms with E-state index in [2.05, 4.69) is 0 Å². The second-order valence-electron chi connectivity index (χ2n) is 4.56. The topological polar surface area (TPSA) is 29.5 Å². The molecule has 0 aliphatic rings. The molecule has 0 aliphatic carbocycles. The number of halogens is 2. The molecule has 0 aliphatic heterocycles. The molecule has 1 rings (SSSR count). The maximum Gasteiger partial charge on any atom is 0.241 e. The van der Waals surface area contributed by atoms with Crippen LogP contribution < -0.4 is 4.74 Å². The molecule has 1 atom stereocenters. The van der Waals surface area contributed by atoms with Crippen LogP contribution in [0, 0.1) is 0 Å². The predicted molar refractivity (Wildman–Crippen MR) is 62.4 cm³/mol. The van der Waals surface area contributed by atoms with E-state index in [-0.39, 0.29) is 6.10 Å². The van der Waals surface area contributed by atoms with Crippen molar-refractivity contribution in [1.29, 1.82) is 0 Å². The third kappa shape index (κ3) is 4.30. The number of hydrogen-bond donors (Lipinski definition) is 1. The molecule has 4 heteroatoms. The van der Waals surface area contributed by atoms with Crippen molar-refractivity contribution < 1.29 is 18.6 Å². The monoisotopic (exact) mass is 244 g/mol. The number of aliphatic hydroxyl groups is 1. The van der Waals surface area contributed by atoms with Crippen LogP contribution in [-0.2, 0) is 5.60 Å². The first kappa shape index (κ1) is 13.9. The number of benzene rings is 1. The van der Waals surface area contributed by atoms with Gasteiger partial charge in [0.1, 0.15) is 5.75 Å². The second-order valence-corrected chi connectivity index (χ2v) is 4.56. The van der Waals surface area contributed by atoms with Crippen molar-refractivity contribution in [3.63, 3.8) is 0 Å². The molecule has 0 heterocycles. The Morgan fingerprint density at radius 2 is 1.76 bits per heavy atom. The molecule has 17 heavy (non-hydrogen) atoms. The largest absolute Gasteiger partial charge is 0.491 e. The summed E-state index contributed by atoms with van der Waals surface area (Å²) in [7, 11) is 0. The quantitative estimate of drug-likeness (QED) is 0.860. The van der Waals surface area contributed by atoms with Crippen LogP contribution in [0.4, 0.5) is 8.78 Å². The van der Waals surface area contributed by atoms with Crippen LogP contribution in [0.1, 0.15) is 32.8 Å². The van der Waals surface area contributed by atoms with Crippen molar-refractivity contribution in [3.05, 3.63) is 29.8 Å². The van der Waals surface area contributed by atoms with Crippen LogP contribution in [0.25, 0.3) is 0 Å². The highest BCUT2D eigenvalue weighted by molar-refractivity contribution is 5.30. The highest BCUT2D eigenvalue weighted by Gasteiger charge is 2.27. The summed E-state index contributed by atoms with van der Waals surface area (Å²) in [5.41, 5.74) is -1.04. The lowest BCUT2D eigenvalue weighted by Crippen LogP contribution is -2.24. The Hall–Kier alpha value is -1.16. The van der Waals surface area contributed by atoms with Gasteiger partial charge in [-0.15, -0.1) is 0 Å². The fraction of sp³-hybridized carbons (Fsp3) is 0.538. The summed E-state index contributed by atoms with van der Waals surface area (Å²) < 4.78 is 30.0. The van der Waals surface area contributed by atoms with Crippen molar-refractivity contribution in [3.8, 4) is 5.75 Å². The summed E-state index contributed by atoms with van der Waals surface area (Å²) in [6.45, 7) is 5.19. The molecule has 0 saturated heterocycles. The molecule has 96 valence electrons. The maximum atomic E-state index is 12.3. The molecule has 1 aromatic rings. The summed E-state index contributed by atoms with van der Waals surface area (Å²) in [6.07, 6.45) is -3.05. The highest BCUT2D eigenvalue weighted by atomic mass is 19.3. The van der Waals surface area contributed by atoms with E-state index in [4.69, 9.17) is 4.74 Å². The van der Waals surface area contributed by atoms with Crippen LogP contribution in [0.5, 0.6) is 5.75 Å². The van der Waals surface area contributed by atoms with Gasteiger partial charge in [0.2, 0.25) is 6.43 Å². The van der Waals surface area contributed by atoms with E-state index in [9.17, 15) is 13.9 Å². The van der Waals surface area contributed by atoms with Gasteiger partial charge in [-0.3, -0.25) is 0 Å². The molecule has 0 spiro atoms. The first-order valence-corrected chi connectivity index (χ1v) is 5.59. The van der Waals surface area contributed by atoms with Crippen molar-refractivity contribution >= 4 is 0 Å². The van der Waals surface area contributed by atoms with Crippen LogP contribution in [0.15, 0.2) is 24.3 Å². The van der Waals surface area contributed by atoms with Gasteiger partial charge >= 0.3 is 0 Å². The van der Waals surface area contributed by atoms with Gasteiger partial charge < -0.3 is 9.84 Å². The molecule has 1 N–H and O–H groups in total. The zero-order chi connectivity index (χ0) is 13.1. The Kier molecular flexibility index (Phi) is 4.46. The van der Waals surface area contributed by atoms with E-state index in [0.717, 1.165) is 0 Å². The third-order valence-corrected chi connectivity index (χ3v) is 2.40. The second kappa shape index (κ2) is 5.45. The van der Waals surface area contributed by atoms with Gasteiger partial charge in [0, 0.05) is 6.42 Å². The van der Waals surface area contributed by atoms with Crippen molar-refractivity contribution in [2.24, 2.45) is 0 Å². The molecule has 0 bridgehead atoms. The average Bonchev–Trinajstić information content (AvgIpc) is 2.15. The van der Waals surface area contributed by atoms with E-state index in [1.807, 2.05) is 13.8 Å². The molecule has 0 amide bonds. The minimum Gasteiger partial charge on any atom is -0.491 e. The number of hydrogen-bond acceptors (Lipinski definition) is 2. The standard InChI is InChI=1S/C13H18F2O2/c1-9(2)17-11-6-4-10(5-7-11)13(3,16)8-12(14)15/h4-7,9,12,16H,8H2,1-3H3. The van der Waals surface area contributed by atoms with Gasteiger partial charge in [-0.05, 0) is 38.5 Å². The smallest absolute Gasteiger partial charge is 0.241 e. The Labute approximate surface area is 100 Å². The molecule has 0 saturated carbocycles. The van der Waals surface area contributed by atoms with Crippen LogP contribution in [0.2, 0.25) is 0 Å². The minimum absolute atomic E-state index is 0.0578. The minimum atomic E-state index is -2.53. The molecule has 2 nitrogen and oxygen atoms in total. The van der Waals surface area contributed by atoms with Gasteiger partial charge in [0.15, 0.2) is 0 Å². The van der Waals surface area contributed by atoms with Crippen LogP contribution in [-0.4, -0.2) is 17.6 Å². The average molecular weight is 244 g/mol. The number of ether oxygens (including phenoxy) is 1. The molecule has 0 radical (unpaired) electrons. The summed E-state index contributed by atoms with van der Waals surface area (Å²) >= 11 is 0. The lowest BCUT2D eigenvalue weighted by atomic mass is 9.93. The zero-order valence-electron chi connectivity index (χ0n) is 10.3. The normalized spacial score (nSPS) is 15.1. The highest BCUT2D eigenvalue weighted by Crippen LogP contribution is 2.28. The predicted octanol–water partition coefficient (Wildman–Crippen LogP) is 3.34. The van der Waals surface area contributed by atoms with Crippen molar-refractivity contribution in [2.75, 3.05) is 0 Å². The maximum absolute atomic E-state index is 12.3. The molecular weight excluding hydrogens is 226 g/mol. The fourth-order valence-electron chi connectivity index (χ4n) is 1.58. The summed E-state index contributed by atoms with van der Waals surface area (Å²) in [4.78, 5) is 0. The van der Waals surface area contributed by atoms with E-state index in [1.54, 1.807) is 24.3 Å². The lowest BCUT2D eigenvalue weighted by Gasteiger charge is -2.23. The van der Waals surface area contributed by atoms with E-state index < -0.39 is 18.4 Å². The fourth-order valence-corrected chi connectivity index (χ4v) is 1.58. The Morgan fingerprint density at radius 1 is 1.24 bits per heavy atom. The Bertz CT molecular complexity index is 345. The molecule has 0 fully saturated rings. The van der Waals surface area contributed by atoms with E-state index >= 15 is 0 Å². The molecule has 1 aromatic carbocycles. The van der Waals surface area contributed by atoms with Gasteiger partial charge in [-0.1, -0.05) is 12.1 Å². The van der Waals surface area contributed by atoms with Gasteiger partial charge in [0.05, 0.1) is 11.7 Å². The molecule has 0 aromatic heterocycles. The summed E-state index contributed by atoms with van der Waals surface area (Å²) in [5, 5.41) is 9.91. The van der Waals surface area contributed by atoms with Gasteiger partial charge in [0.25, 0.3) is 0 Å². The van der Waals surface area contributed by atoms with Crippen LogP contribution >= 0.6 is 0 Å². The van der Waals surface area contributed by atoms with Gasteiger partial charge in [-0.25, -0.2) is 8.78 Å². The first-order valence-electron chi connectivity index (χ1n) is 5.59. The molecule has 1 unspecified atom stereocenters. The Morgan fingerprint density at radius 3 is 2.18 bits per heavy atom. The lowest BCUT2D eigenvalue weighted by molar-refractivity contribution is -0.0124. The zero-order valence-corrected chi connectivity index (χ0v) is 10.3. The van der Waals surface area contributed by atoms with Crippen molar-refractivity contribution in [1.82, 2.24) is 0 Å². The Balaban J connectivity index is 2.79. The van der Waals surface area contributed by atoms with Crippen LogP contribution in [0.3, 0.4) is 0 Å². The first-order chi connectivity index (χ1) is 7.81.